The van der Waals surface area contributed by atoms with Crippen LogP contribution in [0.3, 0.4) is 0 Å². The molecule has 0 aromatic carbocycles. The minimum atomic E-state index is -0.0791. The molecule has 0 saturated heterocycles. The maximum absolute atomic E-state index is 9.09. The van der Waals surface area contributed by atoms with Crippen LogP contribution in [0.4, 0.5) is 5.82 Å². The van der Waals surface area contributed by atoms with Crippen molar-refractivity contribution in [1.29, 1.82) is 0 Å². The number of rotatable bonds is 6. The van der Waals surface area contributed by atoms with E-state index in [0.717, 1.165) is 11.3 Å². The second-order valence-corrected chi connectivity index (χ2v) is 4.20. The molecule has 0 bridgehead atoms. The van der Waals surface area contributed by atoms with Crippen LogP contribution in [-0.4, -0.2) is 52.5 Å². The maximum Gasteiger partial charge on any atom is 0.174 e. The van der Waals surface area contributed by atoms with Gasteiger partial charge in [-0.3, -0.25) is 0 Å². The summed E-state index contributed by atoms with van der Waals surface area (Å²) in [5.74, 6) is 0.455. The highest BCUT2D eigenvalue weighted by atomic mass is 16.4. The van der Waals surface area contributed by atoms with Gasteiger partial charge in [0.15, 0.2) is 5.84 Å². The van der Waals surface area contributed by atoms with Gasteiger partial charge in [0.05, 0.1) is 18.8 Å². The van der Waals surface area contributed by atoms with E-state index < -0.39 is 0 Å². The van der Waals surface area contributed by atoms with E-state index >= 15 is 0 Å². The van der Waals surface area contributed by atoms with Gasteiger partial charge in [-0.15, -0.1) is 0 Å². The predicted molar refractivity (Wildman–Crippen MR) is 72.6 cm³/mol. The summed E-state index contributed by atoms with van der Waals surface area (Å²) in [7, 11) is 0. The third-order valence-corrected chi connectivity index (χ3v) is 2.73. The topological polar surface area (TPSA) is 115 Å². The molecule has 0 aliphatic heterocycles. The molecule has 1 rings (SSSR count). The minimum absolute atomic E-state index is 0.0409. The number of pyridine rings is 1. The first-order valence-corrected chi connectivity index (χ1v) is 5.98. The van der Waals surface area contributed by atoms with E-state index in [9.17, 15) is 0 Å². The van der Waals surface area contributed by atoms with E-state index in [1.165, 1.54) is 0 Å². The number of aliphatic hydroxyl groups excluding tert-OH is 2. The third-order valence-electron chi connectivity index (χ3n) is 2.73. The molecule has 0 aliphatic carbocycles. The Hall–Kier alpha value is -1.86. The molecule has 1 aromatic heterocycles. The van der Waals surface area contributed by atoms with E-state index in [1.54, 1.807) is 4.90 Å². The van der Waals surface area contributed by atoms with Gasteiger partial charge in [-0.1, -0.05) is 5.16 Å². The van der Waals surface area contributed by atoms with Crippen LogP contribution in [0.15, 0.2) is 11.2 Å². The van der Waals surface area contributed by atoms with Crippen LogP contribution in [0.2, 0.25) is 0 Å². The van der Waals surface area contributed by atoms with Crippen molar-refractivity contribution in [1.82, 2.24) is 4.98 Å². The molecule has 1 heterocycles. The van der Waals surface area contributed by atoms with Crippen molar-refractivity contribution in [2.24, 2.45) is 10.9 Å². The summed E-state index contributed by atoms with van der Waals surface area (Å²) in [6.07, 6.45) is 0. The summed E-state index contributed by atoms with van der Waals surface area (Å²) in [6, 6.07) is 1.83. The molecule has 0 fully saturated rings. The number of aryl methyl sites for hydroxylation is 2. The summed E-state index contributed by atoms with van der Waals surface area (Å²) < 4.78 is 0. The SMILES string of the molecule is Cc1cc(C)c(/C(N)=N/O)c(N(CCO)CCO)n1. The molecule has 5 N–H and O–H groups in total. The number of oxime groups is 1. The van der Waals surface area contributed by atoms with Gasteiger partial charge in [-0.05, 0) is 25.5 Å². The van der Waals surface area contributed by atoms with Gasteiger partial charge in [0.2, 0.25) is 0 Å². The third kappa shape index (κ3) is 3.55. The molecule has 1 aromatic rings. The molecule has 106 valence electrons. The highest BCUT2D eigenvalue weighted by Crippen LogP contribution is 2.22. The second kappa shape index (κ2) is 6.91. The van der Waals surface area contributed by atoms with E-state index in [4.69, 9.17) is 21.2 Å². The maximum atomic E-state index is 9.09. The zero-order valence-electron chi connectivity index (χ0n) is 11.2. The highest BCUT2D eigenvalue weighted by molar-refractivity contribution is 6.02. The number of nitrogens with zero attached hydrogens (tertiary/aromatic N) is 3. The van der Waals surface area contributed by atoms with Crippen LogP contribution < -0.4 is 10.6 Å². The first kappa shape index (κ1) is 15.2. The number of aliphatic hydroxyl groups is 2. The number of anilines is 1. The van der Waals surface area contributed by atoms with Crippen molar-refractivity contribution >= 4 is 11.7 Å². The van der Waals surface area contributed by atoms with Gasteiger partial charge < -0.3 is 26.1 Å². The summed E-state index contributed by atoms with van der Waals surface area (Å²) >= 11 is 0. The monoisotopic (exact) mass is 268 g/mol. The van der Waals surface area contributed by atoms with Crippen LogP contribution in [0, 0.1) is 13.8 Å². The van der Waals surface area contributed by atoms with Crippen LogP contribution in [0.25, 0.3) is 0 Å². The molecule has 7 heteroatoms. The van der Waals surface area contributed by atoms with Crippen molar-refractivity contribution in [3.05, 3.63) is 22.9 Å². The van der Waals surface area contributed by atoms with Gasteiger partial charge in [0, 0.05) is 18.8 Å². The Bertz CT molecular complexity index is 457. The largest absolute Gasteiger partial charge is 0.409 e. The Kier molecular flexibility index (Phi) is 5.53. The molecule has 0 aliphatic rings. The number of nitrogens with two attached hydrogens (primary N) is 1. The number of hydrogen-bond acceptors (Lipinski definition) is 6. The summed E-state index contributed by atoms with van der Waals surface area (Å²) in [5, 5.41) is 30.1. The number of hydrogen-bond donors (Lipinski definition) is 4. The quantitative estimate of drug-likeness (QED) is 0.241. The average molecular weight is 268 g/mol. The Morgan fingerprint density at radius 3 is 2.37 bits per heavy atom. The van der Waals surface area contributed by atoms with Crippen molar-refractivity contribution < 1.29 is 15.4 Å². The standard InChI is InChI=1S/C12H20N4O3/c1-8-7-9(2)14-12(10(8)11(13)15-19)16(3-5-17)4-6-18/h7,17-19H,3-6H2,1-2H3,(H2,13,15). The van der Waals surface area contributed by atoms with E-state index in [-0.39, 0.29) is 19.0 Å². The zero-order valence-corrected chi connectivity index (χ0v) is 11.2. The zero-order chi connectivity index (χ0) is 14.4. The van der Waals surface area contributed by atoms with Crippen molar-refractivity contribution in [3.63, 3.8) is 0 Å². The lowest BCUT2D eigenvalue weighted by Gasteiger charge is -2.25. The Labute approximate surface area is 112 Å². The summed E-state index contributed by atoms with van der Waals surface area (Å²) in [5.41, 5.74) is 7.79. The fourth-order valence-corrected chi connectivity index (χ4v) is 1.98. The van der Waals surface area contributed by atoms with Gasteiger partial charge in [-0.2, -0.15) is 0 Å². The van der Waals surface area contributed by atoms with Gasteiger partial charge in [0.1, 0.15) is 5.82 Å². The minimum Gasteiger partial charge on any atom is -0.409 e. The Morgan fingerprint density at radius 2 is 1.89 bits per heavy atom. The van der Waals surface area contributed by atoms with E-state index in [0.29, 0.717) is 24.5 Å². The second-order valence-electron chi connectivity index (χ2n) is 4.20. The van der Waals surface area contributed by atoms with Crippen LogP contribution in [0.1, 0.15) is 16.8 Å². The number of amidine groups is 1. The van der Waals surface area contributed by atoms with Crippen molar-refractivity contribution in [2.75, 3.05) is 31.2 Å². The Morgan fingerprint density at radius 1 is 1.32 bits per heavy atom. The van der Waals surface area contributed by atoms with Gasteiger partial charge >= 0.3 is 0 Å². The molecule has 7 nitrogen and oxygen atoms in total. The molecule has 19 heavy (non-hydrogen) atoms. The fraction of sp³-hybridized carbons (Fsp3) is 0.500. The molecule has 0 atom stereocenters. The van der Waals surface area contributed by atoms with E-state index in [2.05, 4.69) is 10.1 Å². The first-order chi connectivity index (χ1) is 9.04. The lowest BCUT2D eigenvalue weighted by molar-refractivity contribution is 0.280. The number of aromatic nitrogens is 1. The molecule has 0 radical (unpaired) electrons. The van der Waals surface area contributed by atoms with Gasteiger partial charge in [0.25, 0.3) is 0 Å². The lowest BCUT2D eigenvalue weighted by atomic mass is 10.1. The lowest BCUT2D eigenvalue weighted by Crippen LogP contribution is -2.33. The van der Waals surface area contributed by atoms with Crippen molar-refractivity contribution in [2.45, 2.75) is 13.8 Å². The molecular weight excluding hydrogens is 248 g/mol. The predicted octanol–water partition coefficient (Wildman–Crippen LogP) is -0.416. The first-order valence-electron chi connectivity index (χ1n) is 5.98. The Balaban J connectivity index is 3.36. The summed E-state index contributed by atoms with van der Waals surface area (Å²) in [4.78, 5) is 6.07. The molecule has 0 amide bonds. The van der Waals surface area contributed by atoms with Gasteiger partial charge in [-0.25, -0.2) is 4.98 Å². The average Bonchev–Trinajstić information content (AvgIpc) is 2.36. The highest BCUT2D eigenvalue weighted by Gasteiger charge is 2.18. The normalized spacial score (nSPS) is 11.7. The summed E-state index contributed by atoms with van der Waals surface area (Å²) in [6.45, 7) is 4.13. The van der Waals surface area contributed by atoms with Crippen LogP contribution in [-0.2, 0) is 0 Å². The smallest absolute Gasteiger partial charge is 0.174 e. The molecule has 0 spiro atoms. The van der Waals surface area contributed by atoms with Crippen molar-refractivity contribution in [3.8, 4) is 0 Å². The fourth-order valence-electron chi connectivity index (χ4n) is 1.98. The molecular formula is C12H20N4O3. The van der Waals surface area contributed by atoms with E-state index in [1.807, 2.05) is 19.9 Å². The van der Waals surface area contributed by atoms with Crippen LogP contribution >= 0.6 is 0 Å². The van der Waals surface area contributed by atoms with Crippen LogP contribution in [0.5, 0.6) is 0 Å². The molecule has 0 saturated carbocycles. The molecule has 0 unspecified atom stereocenters.